The van der Waals surface area contributed by atoms with E-state index in [0.29, 0.717) is 12.2 Å². The fourth-order valence-electron chi connectivity index (χ4n) is 2.37. The quantitative estimate of drug-likeness (QED) is 0.596. The maximum absolute atomic E-state index is 11.9. The number of nitrogens with zero attached hydrogens (tertiary/aromatic N) is 1. The van der Waals surface area contributed by atoms with Gasteiger partial charge in [0.05, 0.1) is 0 Å². The average molecular weight is 333 g/mol. The predicted molar refractivity (Wildman–Crippen MR) is 99.2 cm³/mol. The molecule has 1 aromatic carbocycles. The van der Waals surface area contributed by atoms with E-state index < -0.39 is 11.8 Å². The van der Waals surface area contributed by atoms with Crippen LogP contribution >= 0.6 is 0 Å². The summed E-state index contributed by atoms with van der Waals surface area (Å²) >= 11 is 0. The van der Waals surface area contributed by atoms with Gasteiger partial charge in [0.2, 0.25) is 0 Å². The van der Waals surface area contributed by atoms with E-state index in [1.54, 1.807) is 0 Å². The molecule has 2 N–H and O–H groups in total. The monoisotopic (exact) mass is 333 g/mol. The van der Waals surface area contributed by atoms with Crippen LogP contribution in [-0.4, -0.2) is 42.9 Å². The molecule has 5 nitrogen and oxygen atoms in total. The van der Waals surface area contributed by atoms with Gasteiger partial charge < -0.3 is 15.5 Å². The number of carbonyl (C=O) groups is 2. The molecule has 0 radical (unpaired) electrons. The number of amides is 2. The second kappa shape index (κ2) is 9.42. The first-order chi connectivity index (χ1) is 11.3. The number of benzene rings is 1. The van der Waals surface area contributed by atoms with Crippen molar-refractivity contribution < 1.29 is 9.59 Å². The van der Waals surface area contributed by atoms with Crippen molar-refractivity contribution in [2.75, 3.05) is 31.5 Å². The Balaban J connectivity index is 2.40. The van der Waals surface area contributed by atoms with Gasteiger partial charge in [-0.05, 0) is 49.2 Å². The molecule has 1 rings (SSSR count). The summed E-state index contributed by atoms with van der Waals surface area (Å²) in [6, 6.07) is 7.59. The van der Waals surface area contributed by atoms with E-state index in [1.807, 2.05) is 24.3 Å². The minimum Gasteiger partial charge on any atom is -0.348 e. The number of anilines is 1. The van der Waals surface area contributed by atoms with Gasteiger partial charge in [-0.1, -0.05) is 46.8 Å². The van der Waals surface area contributed by atoms with Gasteiger partial charge in [0.15, 0.2) is 0 Å². The van der Waals surface area contributed by atoms with Crippen molar-refractivity contribution in [1.29, 1.82) is 0 Å². The number of hydrogen-bond donors (Lipinski definition) is 2. The summed E-state index contributed by atoms with van der Waals surface area (Å²) in [6.45, 7) is 14.0. The number of carbonyl (C=O) groups excluding carboxylic acids is 2. The molecule has 0 aliphatic rings. The van der Waals surface area contributed by atoms with Crippen molar-refractivity contribution in [2.45, 2.75) is 46.5 Å². The second-order valence-corrected chi connectivity index (χ2v) is 6.92. The lowest BCUT2D eigenvalue weighted by atomic mass is 9.87. The van der Waals surface area contributed by atoms with E-state index >= 15 is 0 Å². The van der Waals surface area contributed by atoms with Crippen molar-refractivity contribution in [2.24, 2.45) is 0 Å². The highest BCUT2D eigenvalue weighted by atomic mass is 16.2. The summed E-state index contributed by atoms with van der Waals surface area (Å²) in [5.41, 5.74) is 1.87. The molecule has 0 saturated carbocycles. The standard InChI is InChI=1S/C19H31N3O2/c1-6-22(7-2)14-8-13-20-17(23)18(24)21-16-11-9-15(10-12-16)19(3,4)5/h9-12H,6-8,13-14H2,1-5H3,(H,20,23)(H,21,24). The van der Waals surface area contributed by atoms with Crippen molar-refractivity contribution >= 4 is 17.5 Å². The summed E-state index contributed by atoms with van der Waals surface area (Å²) in [7, 11) is 0. The molecule has 0 aliphatic heterocycles. The molecule has 0 unspecified atom stereocenters. The van der Waals surface area contributed by atoms with Gasteiger partial charge in [0, 0.05) is 12.2 Å². The van der Waals surface area contributed by atoms with Crippen LogP contribution in [0.5, 0.6) is 0 Å². The third-order valence-electron chi connectivity index (χ3n) is 4.05. The topological polar surface area (TPSA) is 61.4 Å². The van der Waals surface area contributed by atoms with E-state index in [-0.39, 0.29) is 5.41 Å². The van der Waals surface area contributed by atoms with E-state index in [9.17, 15) is 9.59 Å². The van der Waals surface area contributed by atoms with E-state index in [1.165, 1.54) is 5.56 Å². The molecule has 0 heterocycles. The van der Waals surface area contributed by atoms with Crippen LogP contribution in [0.2, 0.25) is 0 Å². The molecule has 0 aliphatic carbocycles. The Bertz CT molecular complexity index is 529. The van der Waals surface area contributed by atoms with E-state index in [0.717, 1.165) is 26.1 Å². The third kappa shape index (κ3) is 6.71. The SMILES string of the molecule is CCN(CC)CCCNC(=O)C(=O)Nc1ccc(C(C)(C)C)cc1. The van der Waals surface area contributed by atoms with Gasteiger partial charge in [-0.2, -0.15) is 0 Å². The predicted octanol–water partition coefficient (Wildman–Crippen LogP) is 2.77. The van der Waals surface area contributed by atoms with Gasteiger partial charge in [-0.3, -0.25) is 9.59 Å². The highest BCUT2D eigenvalue weighted by molar-refractivity contribution is 6.39. The van der Waals surface area contributed by atoms with Crippen LogP contribution in [0, 0.1) is 0 Å². The Morgan fingerprint density at radius 1 is 1.00 bits per heavy atom. The van der Waals surface area contributed by atoms with Crippen LogP contribution in [0.1, 0.15) is 46.6 Å². The minimum absolute atomic E-state index is 0.0603. The molecule has 0 fully saturated rings. The molecule has 134 valence electrons. The second-order valence-electron chi connectivity index (χ2n) is 6.92. The fraction of sp³-hybridized carbons (Fsp3) is 0.579. The Morgan fingerprint density at radius 3 is 2.08 bits per heavy atom. The zero-order valence-electron chi connectivity index (χ0n) is 15.6. The van der Waals surface area contributed by atoms with Gasteiger partial charge >= 0.3 is 11.8 Å². The van der Waals surface area contributed by atoms with Crippen molar-refractivity contribution in [1.82, 2.24) is 10.2 Å². The molecule has 1 aromatic rings. The van der Waals surface area contributed by atoms with Crippen molar-refractivity contribution in [3.8, 4) is 0 Å². The van der Waals surface area contributed by atoms with E-state index in [2.05, 4.69) is 50.2 Å². The van der Waals surface area contributed by atoms with Crippen LogP contribution in [0.3, 0.4) is 0 Å². The number of hydrogen-bond acceptors (Lipinski definition) is 3. The third-order valence-corrected chi connectivity index (χ3v) is 4.05. The first-order valence-electron chi connectivity index (χ1n) is 8.70. The molecule has 0 bridgehead atoms. The number of rotatable bonds is 7. The molecule has 5 heteroatoms. The smallest absolute Gasteiger partial charge is 0.313 e. The Kier molecular flexibility index (Phi) is 7.92. The fourth-order valence-corrected chi connectivity index (χ4v) is 2.37. The van der Waals surface area contributed by atoms with Gasteiger partial charge in [0.25, 0.3) is 0 Å². The zero-order chi connectivity index (χ0) is 18.2. The Hall–Kier alpha value is -1.88. The van der Waals surface area contributed by atoms with Crippen molar-refractivity contribution in [3.63, 3.8) is 0 Å². The molecule has 24 heavy (non-hydrogen) atoms. The summed E-state index contributed by atoms with van der Waals surface area (Å²) in [6.07, 6.45) is 0.834. The zero-order valence-corrected chi connectivity index (χ0v) is 15.6. The van der Waals surface area contributed by atoms with Crippen LogP contribution in [0.4, 0.5) is 5.69 Å². The summed E-state index contributed by atoms with van der Waals surface area (Å²) < 4.78 is 0. The van der Waals surface area contributed by atoms with Gasteiger partial charge in [-0.15, -0.1) is 0 Å². The highest BCUT2D eigenvalue weighted by Gasteiger charge is 2.15. The highest BCUT2D eigenvalue weighted by Crippen LogP contribution is 2.23. The largest absolute Gasteiger partial charge is 0.348 e. The van der Waals surface area contributed by atoms with Crippen LogP contribution in [-0.2, 0) is 15.0 Å². The molecule has 0 spiro atoms. The van der Waals surface area contributed by atoms with Crippen molar-refractivity contribution in [3.05, 3.63) is 29.8 Å². The Morgan fingerprint density at radius 2 is 1.58 bits per heavy atom. The normalized spacial score (nSPS) is 11.4. The first kappa shape index (κ1) is 20.2. The molecule has 2 amide bonds. The average Bonchev–Trinajstić information content (AvgIpc) is 2.54. The van der Waals surface area contributed by atoms with Crippen LogP contribution in [0.25, 0.3) is 0 Å². The Labute approximate surface area is 145 Å². The number of nitrogens with one attached hydrogen (secondary N) is 2. The lowest BCUT2D eigenvalue weighted by Crippen LogP contribution is -2.37. The molecule has 0 aromatic heterocycles. The summed E-state index contributed by atoms with van der Waals surface area (Å²) in [4.78, 5) is 26.0. The lowest BCUT2D eigenvalue weighted by Gasteiger charge is -2.19. The molecule has 0 atom stereocenters. The summed E-state index contributed by atoms with van der Waals surface area (Å²) in [5, 5.41) is 5.30. The maximum atomic E-state index is 11.9. The van der Waals surface area contributed by atoms with Crippen LogP contribution < -0.4 is 10.6 Å². The molecular weight excluding hydrogens is 302 g/mol. The minimum atomic E-state index is -0.624. The first-order valence-corrected chi connectivity index (χ1v) is 8.70. The van der Waals surface area contributed by atoms with Crippen LogP contribution in [0.15, 0.2) is 24.3 Å². The molecule has 0 saturated heterocycles. The molecular formula is C19H31N3O2. The maximum Gasteiger partial charge on any atom is 0.313 e. The van der Waals surface area contributed by atoms with Gasteiger partial charge in [-0.25, -0.2) is 0 Å². The summed E-state index contributed by atoms with van der Waals surface area (Å²) in [5.74, 6) is -1.21. The van der Waals surface area contributed by atoms with E-state index in [4.69, 9.17) is 0 Å². The lowest BCUT2D eigenvalue weighted by molar-refractivity contribution is -0.136. The van der Waals surface area contributed by atoms with Gasteiger partial charge in [0.1, 0.15) is 0 Å².